The summed E-state index contributed by atoms with van der Waals surface area (Å²) in [6.07, 6.45) is 0. The highest BCUT2D eigenvalue weighted by molar-refractivity contribution is 5.64. The topological polar surface area (TPSA) is 83.0 Å². The summed E-state index contributed by atoms with van der Waals surface area (Å²) >= 11 is 0. The number of benzene rings is 1. The van der Waals surface area contributed by atoms with E-state index in [-0.39, 0.29) is 5.41 Å². The number of H-pyrrole nitrogens is 2. The van der Waals surface area contributed by atoms with Crippen LogP contribution in [0.5, 0.6) is 0 Å². The van der Waals surface area contributed by atoms with Crippen molar-refractivity contribution in [3.63, 3.8) is 0 Å². The number of hydrogen-bond acceptors (Lipinski definition) is 3. The molecule has 3 aromatic rings. The normalized spacial score (nSPS) is 12.0. The van der Waals surface area contributed by atoms with Gasteiger partial charge in [-0.1, -0.05) is 45.0 Å². The number of fused-ring (bicyclic) bond motifs is 1. The number of hydrogen-bond donors (Lipinski definition) is 2. The first-order valence-electron chi connectivity index (χ1n) is 6.68. The lowest BCUT2D eigenvalue weighted by Gasteiger charge is -2.18. The molecular weight excluding hydrogens is 268 g/mol. The molecule has 1 aromatic carbocycles. The average molecular weight is 284 g/mol. The molecule has 108 valence electrons. The third-order valence-electron chi connectivity index (χ3n) is 3.41. The summed E-state index contributed by atoms with van der Waals surface area (Å²) in [5, 5.41) is 4.22. The quantitative estimate of drug-likeness (QED) is 0.713. The minimum atomic E-state index is -0.550. The summed E-state index contributed by atoms with van der Waals surface area (Å²) in [7, 11) is 0. The zero-order valence-electron chi connectivity index (χ0n) is 12.1. The number of aromatic nitrogens is 4. The molecule has 2 heterocycles. The Balaban J connectivity index is 2.11. The SMILES string of the molecule is CC(C)(C)c1ccc(-c2cc3[nH]c(=O)[nH]c(=O)n3n2)cc1. The maximum Gasteiger partial charge on any atom is 0.352 e. The van der Waals surface area contributed by atoms with Crippen molar-refractivity contribution in [2.24, 2.45) is 0 Å². The number of nitrogens with one attached hydrogen (secondary N) is 2. The third-order valence-corrected chi connectivity index (χ3v) is 3.41. The van der Waals surface area contributed by atoms with Crippen LogP contribution in [-0.2, 0) is 5.41 Å². The average Bonchev–Trinajstić information content (AvgIpc) is 2.82. The molecular formula is C15H16N4O2. The first-order valence-corrected chi connectivity index (χ1v) is 6.68. The van der Waals surface area contributed by atoms with Crippen molar-refractivity contribution in [1.29, 1.82) is 0 Å². The molecule has 0 aliphatic heterocycles. The fourth-order valence-corrected chi connectivity index (χ4v) is 2.20. The molecule has 0 saturated carbocycles. The first kappa shape index (κ1) is 13.4. The Kier molecular flexibility index (Phi) is 2.83. The second kappa shape index (κ2) is 4.44. The van der Waals surface area contributed by atoms with E-state index in [9.17, 15) is 9.59 Å². The maximum absolute atomic E-state index is 11.7. The van der Waals surface area contributed by atoms with Gasteiger partial charge in [0.15, 0.2) is 0 Å². The van der Waals surface area contributed by atoms with Crippen LogP contribution >= 0.6 is 0 Å². The molecule has 3 rings (SSSR count). The van der Waals surface area contributed by atoms with Crippen LogP contribution in [-0.4, -0.2) is 19.6 Å². The van der Waals surface area contributed by atoms with Gasteiger partial charge in [-0.15, -0.1) is 0 Å². The molecule has 0 unspecified atom stereocenters. The number of rotatable bonds is 1. The summed E-state index contributed by atoms with van der Waals surface area (Å²) < 4.78 is 1.15. The van der Waals surface area contributed by atoms with Gasteiger partial charge >= 0.3 is 11.4 Å². The van der Waals surface area contributed by atoms with E-state index >= 15 is 0 Å². The lowest BCUT2D eigenvalue weighted by molar-refractivity contribution is 0.590. The summed E-state index contributed by atoms with van der Waals surface area (Å²) in [5.41, 5.74) is 2.13. The van der Waals surface area contributed by atoms with E-state index in [1.165, 1.54) is 5.56 Å². The van der Waals surface area contributed by atoms with E-state index in [4.69, 9.17) is 0 Å². The predicted molar refractivity (Wildman–Crippen MR) is 80.6 cm³/mol. The minimum Gasteiger partial charge on any atom is -0.292 e. The summed E-state index contributed by atoms with van der Waals surface area (Å²) in [4.78, 5) is 27.6. The zero-order chi connectivity index (χ0) is 15.2. The van der Waals surface area contributed by atoms with E-state index < -0.39 is 11.4 Å². The van der Waals surface area contributed by atoms with E-state index in [1.54, 1.807) is 6.07 Å². The molecule has 0 aliphatic carbocycles. The molecule has 6 heteroatoms. The highest BCUT2D eigenvalue weighted by Crippen LogP contribution is 2.25. The largest absolute Gasteiger partial charge is 0.352 e. The van der Waals surface area contributed by atoms with Crippen LogP contribution in [0, 0.1) is 0 Å². The van der Waals surface area contributed by atoms with Gasteiger partial charge in [-0.25, -0.2) is 9.59 Å². The molecule has 0 radical (unpaired) electrons. The Morgan fingerprint density at radius 2 is 1.71 bits per heavy atom. The molecule has 2 aromatic heterocycles. The molecule has 0 atom stereocenters. The molecule has 0 bridgehead atoms. The zero-order valence-corrected chi connectivity index (χ0v) is 12.1. The van der Waals surface area contributed by atoms with Crippen LogP contribution in [0.2, 0.25) is 0 Å². The van der Waals surface area contributed by atoms with E-state index in [1.807, 2.05) is 24.3 Å². The van der Waals surface area contributed by atoms with Gasteiger partial charge in [0.25, 0.3) is 0 Å². The predicted octanol–water partition coefficient (Wildman–Crippen LogP) is 1.68. The van der Waals surface area contributed by atoms with Gasteiger partial charge in [-0.2, -0.15) is 9.61 Å². The van der Waals surface area contributed by atoms with E-state index in [2.05, 4.69) is 35.8 Å². The van der Waals surface area contributed by atoms with Crippen LogP contribution in [0.3, 0.4) is 0 Å². The second-order valence-electron chi connectivity index (χ2n) is 6.04. The Morgan fingerprint density at radius 1 is 1.05 bits per heavy atom. The van der Waals surface area contributed by atoms with Crippen molar-refractivity contribution in [1.82, 2.24) is 19.6 Å². The minimum absolute atomic E-state index is 0.0832. The highest BCUT2D eigenvalue weighted by atomic mass is 16.2. The molecule has 0 saturated heterocycles. The summed E-state index contributed by atoms with van der Waals surface area (Å²) in [6.45, 7) is 6.45. The Bertz CT molecular complexity index is 908. The molecule has 0 spiro atoms. The fourth-order valence-electron chi connectivity index (χ4n) is 2.20. The fraction of sp³-hybridized carbons (Fsp3) is 0.267. The van der Waals surface area contributed by atoms with E-state index in [0.717, 1.165) is 10.1 Å². The summed E-state index contributed by atoms with van der Waals surface area (Å²) in [5.74, 6) is 0. The van der Waals surface area contributed by atoms with Crippen LogP contribution in [0.4, 0.5) is 0 Å². The first-order chi connectivity index (χ1) is 9.84. The van der Waals surface area contributed by atoms with Gasteiger partial charge in [0, 0.05) is 11.6 Å². The van der Waals surface area contributed by atoms with Crippen LogP contribution in [0.1, 0.15) is 26.3 Å². The van der Waals surface area contributed by atoms with Gasteiger partial charge in [0.2, 0.25) is 0 Å². The monoisotopic (exact) mass is 284 g/mol. The Labute approximate surface area is 120 Å². The van der Waals surface area contributed by atoms with Gasteiger partial charge in [0.05, 0.1) is 5.69 Å². The van der Waals surface area contributed by atoms with Crippen molar-refractivity contribution in [3.05, 3.63) is 56.9 Å². The molecule has 2 N–H and O–H groups in total. The van der Waals surface area contributed by atoms with Crippen molar-refractivity contribution in [2.75, 3.05) is 0 Å². The lowest BCUT2D eigenvalue weighted by Crippen LogP contribution is -2.28. The Hall–Kier alpha value is -2.63. The van der Waals surface area contributed by atoms with Crippen molar-refractivity contribution in [2.45, 2.75) is 26.2 Å². The van der Waals surface area contributed by atoms with Gasteiger partial charge in [0.1, 0.15) is 5.65 Å². The third kappa shape index (κ3) is 2.40. The molecule has 0 amide bonds. The van der Waals surface area contributed by atoms with Crippen LogP contribution in [0.15, 0.2) is 39.9 Å². The Morgan fingerprint density at radius 3 is 2.33 bits per heavy atom. The molecule has 21 heavy (non-hydrogen) atoms. The van der Waals surface area contributed by atoms with Crippen molar-refractivity contribution in [3.8, 4) is 11.3 Å². The van der Waals surface area contributed by atoms with Gasteiger partial charge in [-0.3, -0.25) is 9.97 Å². The molecule has 6 nitrogen and oxygen atoms in total. The lowest BCUT2D eigenvalue weighted by atomic mass is 9.86. The van der Waals surface area contributed by atoms with Crippen molar-refractivity contribution >= 4 is 5.65 Å². The highest BCUT2D eigenvalue weighted by Gasteiger charge is 2.14. The number of aromatic amines is 2. The van der Waals surface area contributed by atoms with Crippen LogP contribution < -0.4 is 11.4 Å². The van der Waals surface area contributed by atoms with Gasteiger partial charge < -0.3 is 0 Å². The molecule has 0 fully saturated rings. The standard InChI is InChI=1S/C15H16N4O2/c1-15(2,3)10-6-4-9(5-7-10)11-8-12-16-13(20)17-14(21)19(12)18-11/h4-8H,1-3H3,(H2,16,17,20,21). The van der Waals surface area contributed by atoms with Crippen molar-refractivity contribution < 1.29 is 0 Å². The van der Waals surface area contributed by atoms with Crippen LogP contribution in [0.25, 0.3) is 16.9 Å². The molecule has 0 aliphatic rings. The smallest absolute Gasteiger partial charge is 0.292 e. The van der Waals surface area contributed by atoms with E-state index in [0.29, 0.717) is 11.3 Å². The summed E-state index contributed by atoms with van der Waals surface area (Å²) in [6, 6.07) is 9.71. The maximum atomic E-state index is 11.7. The second-order valence-corrected chi connectivity index (χ2v) is 6.04. The van der Waals surface area contributed by atoms with Gasteiger partial charge in [-0.05, 0) is 11.0 Å². The number of nitrogens with zero attached hydrogens (tertiary/aromatic N) is 2.